The van der Waals surface area contributed by atoms with E-state index < -0.39 is 0 Å². The van der Waals surface area contributed by atoms with Crippen LogP contribution >= 0.6 is 23.2 Å². The predicted molar refractivity (Wildman–Crippen MR) is 74.6 cm³/mol. The second-order valence-corrected chi connectivity index (χ2v) is 5.27. The van der Waals surface area contributed by atoms with E-state index in [0.717, 1.165) is 29.2 Å². The van der Waals surface area contributed by atoms with Gasteiger partial charge in [-0.15, -0.1) is 0 Å². The van der Waals surface area contributed by atoms with E-state index in [9.17, 15) is 0 Å². The van der Waals surface area contributed by atoms with Crippen molar-refractivity contribution in [1.29, 1.82) is 0 Å². The first-order valence-electron chi connectivity index (χ1n) is 5.93. The predicted octanol–water partition coefficient (Wildman–Crippen LogP) is 5.06. The molecule has 1 heterocycles. The summed E-state index contributed by atoms with van der Waals surface area (Å²) in [4.78, 5) is 0. The van der Waals surface area contributed by atoms with Gasteiger partial charge in [-0.3, -0.25) is 0 Å². The molecule has 1 atom stereocenters. The Hall–Kier alpha value is -1.18. The Kier molecular flexibility index (Phi) is 3.19. The first-order valence-corrected chi connectivity index (χ1v) is 6.69. The summed E-state index contributed by atoms with van der Waals surface area (Å²) in [6.45, 7) is 0. The van der Waals surface area contributed by atoms with Gasteiger partial charge in [0.25, 0.3) is 0 Å². The van der Waals surface area contributed by atoms with Crippen molar-refractivity contribution in [3.05, 3.63) is 63.6 Å². The molecular weight excluding hydrogens is 267 g/mol. The monoisotopic (exact) mass is 278 g/mol. The summed E-state index contributed by atoms with van der Waals surface area (Å²) < 4.78 is 6.01. The maximum absolute atomic E-state index is 6.17. The highest BCUT2D eigenvalue weighted by atomic mass is 35.5. The van der Waals surface area contributed by atoms with Crippen LogP contribution in [-0.4, -0.2) is 0 Å². The third-order valence-corrected chi connectivity index (χ3v) is 3.78. The average Bonchev–Trinajstić information content (AvgIpc) is 2.40. The summed E-state index contributed by atoms with van der Waals surface area (Å²) in [5.74, 6) is 0.824. The maximum atomic E-state index is 6.17. The van der Waals surface area contributed by atoms with Crippen LogP contribution in [0.2, 0.25) is 10.0 Å². The van der Waals surface area contributed by atoms with E-state index in [1.165, 1.54) is 5.56 Å². The van der Waals surface area contributed by atoms with Gasteiger partial charge in [-0.25, -0.2) is 0 Å². The van der Waals surface area contributed by atoms with Gasteiger partial charge in [-0.05, 0) is 42.2 Å². The fourth-order valence-electron chi connectivity index (χ4n) is 2.28. The van der Waals surface area contributed by atoms with Crippen LogP contribution in [0.4, 0.5) is 0 Å². The van der Waals surface area contributed by atoms with E-state index in [4.69, 9.17) is 27.9 Å². The molecule has 1 aliphatic rings. The Balaban J connectivity index is 1.90. The molecule has 0 aromatic heterocycles. The molecule has 0 fully saturated rings. The number of hydrogen-bond donors (Lipinski definition) is 0. The number of hydrogen-bond acceptors (Lipinski definition) is 1. The third kappa shape index (κ3) is 2.21. The number of aryl methyl sites for hydroxylation is 1. The lowest BCUT2D eigenvalue weighted by Crippen LogP contribution is -2.15. The van der Waals surface area contributed by atoms with Crippen LogP contribution in [-0.2, 0) is 6.42 Å². The van der Waals surface area contributed by atoms with Crippen LogP contribution in [0.3, 0.4) is 0 Å². The van der Waals surface area contributed by atoms with Crippen LogP contribution in [0.15, 0.2) is 42.5 Å². The Morgan fingerprint density at radius 3 is 2.56 bits per heavy atom. The molecule has 0 N–H and O–H groups in total. The quantitative estimate of drug-likeness (QED) is 0.709. The molecule has 3 heteroatoms. The minimum absolute atomic E-state index is 0.0645. The van der Waals surface area contributed by atoms with Gasteiger partial charge in [0, 0.05) is 5.02 Å². The molecule has 2 aromatic carbocycles. The van der Waals surface area contributed by atoms with Gasteiger partial charge in [0.05, 0.1) is 5.02 Å². The van der Waals surface area contributed by atoms with Gasteiger partial charge in [0.1, 0.15) is 11.9 Å². The minimum atomic E-state index is 0.0645. The fourth-order valence-corrected chi connectivity index (χ4v) is 2.65. The molecule has 2 aromatic rings. The SMILES string of the molecule is Clc1ccc(C2CCc3cccc(Cl)c3O2)cc1. The first kappa shape index (κ1) is 11.9. The van der Waals surface area contributed by atoms with E-state index in [1.54, 1.807) is 0 Å². The lowest BCUT2D eigenvalue weighted by molar-refractivity contribution is 0.177. The normalized spacial score (nSPS) is 18.0. The van der Waals surface area contributed by atoms with Gasteiger partial charge in [0.2, 0.25) is 0 Å². The van der Waals surface area contributed by atoms with Crippen LogP contribution < -0.4 is 4.74 Å². The molecule has 1 nitrogen and oxygen atoms in total. The van der Waals surface area contributed by atoms with E-state index in [-0.39, 0.29) is 6.10 Å². The Labute approximate surface area is 116 Å². The van der Waals surface area contributed by atoms with Crippen molar-refractivity contribution in [3.63, 3.8) is 0 Å². The van der Waals surface area contributed by atoms with E-state index in [2.05, 4.69) is 6.07 Å². The lowest BCUT2D eigenvalue weighted by Gasteiger charge is -2.27. The molecule has 0 bridgehead atoms. The lowest BCUT2D eigenvalue weighted by atomic mass is 9.97. The highest BCUT2D eigenvalue weighted by molar-refractivity contribution is 6.32. The number of para-hydroxylation sites is 1. The van der Waals surface area contributed by atoms with E-state index in [1.807, 2.05) is 36.4 Å². The van der Waals surface area contributed by atoms with Crippen molar-refractivity contribution >= 4 is 23.2 Å². The molecule has 18 heavy (non-hydrogen) atoms. The van der Waals surface area contributed by atoms with Crippen molar-refractivity contribution in [2.75, 3.05) is 0 Å². The second-order valence-electron chi connectivity index (χ2n) is 4.42. The number of fused-ring (bicyclic) bond motifs is 1. The summed E-state index contributed by atoms with van der Waals surface area (Å²) in [7, 11) is 0. The summed E-state index contributed by atoms with van der Waals surface area (Å²) >= 11 is 12.1. The highest BCUT2D eigenvalue weighted by Gasteiger charge is 2.22. The smallest absolute Gasteiger partial charge is 0.142 e. The third-order valence-electron chi connectivity index (χ3n) is 3.23. The molecule has 1 aliphatic heterocycles. The Morgan fingerprint density at radius 1 is 1.00 bits per heavy atom. The van der Waals surface area contributed by atoms with Gasteiger partial charge in [-0.2, -0.15) is 0 Å². The van der Waals surface area contributed by atoms with Crippen LogP contribution in [0, 0.1) is 0 Å². The van der Waals surface area contributed by atoms with Crippen molar-refractivity contribution in [2.24, 2.45) is 0 Å². The minimum Gasteiger partial charge on any atom is -0.484 e. The summed E-state index contributed by atoms with van der Waals surface area (Å²) in [5.41, 5.74) is 2.33. The number of halogens is 2. The summed E-state index contributed by atoms with van der Waals surface area (Å²) in [5, 5.41) is 1.43. The van der Waals surface area contributed by atoms with Crippen molar-refractivity contribution in [3.8, 4) is 5.75 Å². The molecule has 3 rings (SSSR count). The average molecular weight is 279 g/mol. The Morgan fingerprint density at radius 2 is 1.78 bits per heavy atom. The molecule has 0 saturated heterocycles. The zero-order valence-corrected chi connectivity index (χ0v) is 11.2. The van der Waals surface area contributed by atoms with E-state index >= 15 is 0 Å². The van der Waals surface area contributed by atoms with Gasteiger partial charge < -0.3 is 4.74 Å². The number of benzene rings is 2. The van der Waals surface area contributed by atoms with Gasteiger partial charge >= 0.3 is 0 Å². The van der Waals surface area contributed by atoms with Crippen LogP contribution in [0.1, 0.15) is 23.7 Å². The molecule has 1 unspecified atom stereocenters. The second kappa shape index (κ2) is 4.83. The molecular formula is C15H12Cl2O. The summed E-state index contributed by atoms with van der Waals surface area (Å²) in [6, 6.07) is 13.7. The maximum Gasteiger partial charge on any atom is 0.142 e. The highest BCUT2D eigenvalue weighted by Crippen LogP contribution is 2.39. The van der Waals surface area contributed by atoms with E-state index in [0.29, 0.717) is 5.02 Å². The molecule has 0 radical (unpaired) electrons. The van der Waals surface area contributed by atoms with Crippen LogP contribution in [0.5, 0.6) is 5.75 Å². The topological polar surface area (TPSA) is 9.23 Å². The first-order chi connectivity index (χ1) is 8.74. The zero-order chi connectivity index (χ0) is 12.5. The largest absolute Gasteiger partial charge is 0.484 e. The van der Waals surface area contributed by atoms with Crippen LogP contribution in [0.25, 0.3) is 0 Å². The summed E-state index contributed by atoms with van der Waals surface area (Å²) in [6.07, 6.45) is 2.02. The van der Waals surface area contributed by atoms with Gasteiger partial charge in [0.15, 0.2) is 0 Å². The van der Waals surface area contributed by atoms with Crippen molar-refractivity contribution in [1.82, 2.24) is 0 Å². The molecule has 92 valence electrons. The van der Waals surface area contributed by atoms with Crippen molar-refractivity contribution < 1.29 is 4.74 Å². The van der Waals surface area contributed by atoms with Gasteiger partial charge in [-0.1, -0.05) is 47.5 Å². The Bertz CT molecular complexity index is 563. The standard InChI is InChI=1S/C15H12Cl2O/c16-12-7-4-10(5-8-12)14-9-6-11-2-1-3-13(17)15(11)18-14/h1-5,7-8,14H,6,9H2. The molecule has 0 spiro atoms. The molecule has 0 amide bonds. The molecule has 0 saturated carbocycles. The van der Waals surface area contributed by atoms with Crippen molar-refractivity contribution in [2.45, 2.75) is 18.9 Å². The number of ether oxygens (including phenoxy) is 1. The fraction of sp³-hybridized carbons (Fsp3) is 0.200. The number of rotatable bonds is 1. The molecule has 0 aliphatic carbocycles. The zero-order valence-electron chi connectivity index (χ0n) is 9.70.